The average Bonchev–Trinajstić information content (AvgIpc) is 3.25. The Morgan fingerprint density at radius 3 is 2.19 bits per heavy atom. The van der Waals surface area contributed by atoms with Gasteiger partial charge in [0.25, 0.3) is 0 Å². The first-order valence-corrected chi connectivity index (χ1v) is 17.7. The van der Waals surface area contributed by atoms with Crippen LogP contribution in [0.15, 0.2) is 24.3 Å². The van der Waals surface area contributed by atoms with Crippen molar-refractivity contribution in [3.05, 3.63) is 29.8 Å². The molecule has 48 heavy (non-hydrogen) atoms. The van der Waals surface area contributed by atoms with Crippen molar-refractivity contribution in [2.45, 2.75) is 77.6 Å². The molecule has 6 amide bonds. The van der Waals surface area contributed by atoms with E-state index in [0.29, 0.717) is 63.9 Å². The van der Waals surface area contributed by atoms with Gasteiger partial charge in [-0.05, 0) is 74.5 Å². The number of likely N-dealkylation sites (tertiary alicyclic amines) is 2. The summed E-state index contributed by atoms with van der Waals surface area (Å²) in [6.07, 6.45) is 7.91. The third kappa shape index (κ3) is 9.28. The minimum Gasteiger partial charge on any atom is -0.379 e. The predicted octanol–water partition coefficient (Wildman–Crippen LogP) is 3.08. The summed E-state index contributed by atoms with van der Waals surface area (Å²) in [5.41, 5.74) is 1.62. The van der Waals surface area contributed by atoms with E-state index in [9.17, 15) is 28.8 Å². The third-order valence-corrected chi connectivity index (χ3v) is 10.5. The molecule has 262 valence electrons. The number of ether oxygens (including phenoxy) is 2. The van der Waals surface area contributed by atoms with Crippen LogP contribution in [0.3, 0.4) is 0 Å². The summed E-state index contributed by atoms with van der Waals surface area (Å²) in [5, 5.41) is 5.78. The van der Waals surface area contributed by atoms with Gasteiger partial charge in [-0.15, -0.1) is 0 Å². The fourth-order valence-electron chi connectivity index (χ4n) is 7.18. The molecule has 2 unspecified atom stereocenters. The molecule has 0 spiro atoms. The Labute approximate surface area is 282 Å². The van der Waals surface area contributed by atoms with Crippen molar-refractivity contribution in [3.63, 3.8) is 0 Å². The molecule has 0 radical (unpaired) electrons. The molecule has 2 heterocycles. The molecular weight excluding hydrogens is 616 g/mol. The molecule has 2 aliphatic heterocycles. The topological polar surface area (TPSA) is 151 Å². The zero-order valence-corrected chi connectivity index (χ0v) is 28.1. The van der Waals surface area contributed by atoms with E-state index in [1.807, 2.05) is 19.1 Å². The lowest BCUT2D eigenvalue weighted by Crippen LogP contribution is -2.47. The number of β-lactam (4-membered cyclic amide) rings is 1. The van der Waals surface area contributed by atoms with Gasteiger partial charge in [0.2, 0.25) is 35.4 Å². The van der Waals surface area contributed by atoms with Crippen molar-refractivity contribution in [2.24, 2.45) is 29.6 Å². The molecule has 2 N–H and O–H groups in total. The van der Waals surface area contributed by atoms with Crippen LogP contribution in [0, 0.1) is 29.6 Å². The van der Waals surface area contributed by atoms with Crippen LogP contribution in [0.1, 0.15) is 76.7 Å². The molecule has 0 bridgehead atoms. The number of carbonyl (C=O) groups excluding carboxylic acids is 6. The molecule has 2 atom stereocenters. The van der Waals surface area contributed by atoms with Crippen LogP contribution in [-0.4, -0.2) is 91.3 Å². The summed E-state index contributed by atoms with van der Waals surface area (Å²) >= 11 is 0. The van der Waals surface area contributed by atoms with Gasteiger partial charge in [-0.25, -0.2) is 0 Å². The Bertz CT molecular complexity index is 1320. The Hall–Kier alpha value is -3.64. The van der Waals surface area contributed by atoms with Gasteiger partial charge in [0.1, 0.15) is 0 Å². The molecule has 4 fully saturated rings. The second kappa shape index (κ2) is 17.1. The van der Waals surface area contributed by atoms with Gasteiger partial charge in [0.15, 0.2) is 0 Å². The molecule has 2 saturated heterocycles. The molecule has 12 heteroatoms. The van der Waals surface area contributed by atoms with Gasteiger partial charge in [-0.3, -0.25) is 38.6 Å². The van der Waals surface area contributed by atoms with Crippen LogP contribution in [0.2, 0.25) is 0 Å². The summed E-state index contributed by atoms with van der Waals surface area (Å²) < 4.78 is 11.1. The number of amides is 6. The van der Waals surface area contributed by atoms with Gasteiger partial charge in [0, 0.05) is 50.0 Å². The summed E-state index contributed by atoms with van der Waals surface area (Å²) in [4.78, 5) is 76.9. The lowest BCUT2D eigenvalue weighted by molar-refractivity contribution is -0.152. The summed E-state index contributed by atoms with van der Waals surface area (Å²) in [5.74, 6) is -0.157. The fourth-order valence-corrected chi connectivity index (χ4v) is 7.18. The third-order valence-electron chi connectivity index (χ3n) is 10.5. The minimum atomic E-state index is -0.205. The van der Waals surface area contributed by atoms with Crippen molar-refractivity contribution in [1.82, 2.24) is 15.1 Å². The van der Waals surface area contributed by atoms with Crippen molar-refractivity contribution in [2.75, 3.05) is 51.4 Å². The van der Waals surface area contributed by atoms with Crippen LogP contribution in [0.4, 0.5) is 5.69 Å². The molecule has 5 rings (SSSR count). The van der Waals surface area contributed by atoms with E-state index >= 15 is 0 Å². The van der Waals surface area contributed by atoms with Gasteiger partial charge < -0.3 is 20.1 Å². The average molecular weight is 667 g/mol. The summed E-state index contributed by atoms with van der Waals surface area (Å²) in [6, 6.07) is 7.29. The first kappa shape index (κ1) is 35.7. The van der Waals surface area contributed by atoms with E-state index in [4.69, 9.17) is 9.47 Å². The van der Waals surface area contributed by atoms with Gasteiger partial charge in [-0.1, -0.05) is 25.5 Å². The quantitative estimate of drug-likeness (QED) is 0.146. The Balaban J connectivity index is 0.849. The van der Waals surface area contributed by atoms with Crippen LogP contribution < -0.4 is 10.6 Å². The number of rotatable bonds is 17. The minimum absolute atomic E-state index is 0.0165. The molecule has 12 nitrogen and oxygen atoms in total. The number of benzene rings is 1. The zero-order chi connectivity index (χ0) is 34.0. The van der Waals surface area contributed by atoms with Crippen LogP contribution >= 0.6 is 0 Å². The van der Waals surface area contributed by atoms with E-state index in [1.54, 1.807) is 12.1 Å². The molecule has 2 saturated carbocycles. The van der Waals surface area contributed by atoms with E-state index in [-0.39, 0.29) is 78.6 Å². The highest BCUT2D eigenvalue weighted by Crippen LogP contribution is 2.43. The molecule has 0 aromatic heterocycles. The highest BCUT2D eigenvalue weighted by Gasteiger charge is 2.50. The van der Waals surface area contributed by atoms with Gasteiger partial charge in [0.05, 0.1) is 38.8 Å². The largest absolute Gasteiger partial charge is 0.379 e. The second-order valence-electron chi connectivity index (χ2n) is 13.7. The summed E-state index contributed by atoms with van der Waals surface area (Å²) in [6.45, 7) is 4.63. The van der Waals surface area contributed by atoms with Crippen LogP contribution in [0.5, 0.6) is 0 Å². The normalized spacial score (nSPS) is 24.3. The Morgan fingerprint density at radius 1 is 0.854 bits per heavy atom. The van der Waals surface area contributed by atoms with Gasteiger partial charge >= 0.3 is 0 Å². The fraction of sp³-hybridized carbons (Fsp3) is 0.667. The van der Waals surface area contributed by atoms with E-state index < -0.39 is 0 Å². The Kier molecular flexibility index (Phi) is 12.7. The van der Waals surface area contributed by atoms with E-state index in [0.717, 1.165) is 50.5 Å². The van der Waals surface area contributed by atoms with Crippen molar-refractivity contribution < 1.29 is 38.2 Å². The molecule has 2 aliphatic carbocycles. The van der Waals surface area contributed by atoms with Crippen LogP contribution in [-0.2, 0) is 44.7 Å². The maximum atomic E-state index is 13.0. The Morgan fingerprint density at radius 2 is 1.56 bits per heavy atom. The number of anilines is 1. The van der Waals surface area contributed by atoms with Crippen molar-refractivity contribution >= 4 is 41.1 Å². The highest BCUT2D eigenvalue weighted by molar-refractivity contribution is 6.05. The number of imide groups is 2. The molecular formula is C36H50N4O8. The maximum Gasteiger partial charge on any atom is 0.233 e. The molecule has 1 aromatic carbocycles. The van der Waals surface area contributed by atoms with E-state index in [2.05, 4.69) is 10.6 Å². The smallest absolute Gasteiger partial charge is 0.233 e. The summed E-state index contributed by atoms with van der Waals surface area (Å²) in [7, 11) is 0. The van der Waals surface area contributed by atoms with Crippen LogP contribution in [0.25, 0.3) is 0 Å². The molecule has 1 aromatic rings. The van der Waals surface area contributed by atoms with Crippen molar-refractivity contribution in [3.8, 4) is 0 Å². The second-order valence-corrected chi connectivity index (χ2v) is 13.7. The first-order chi connectivity index (χ1) is 23.2. The predicted molar refractivity (Wildman–Crippen MR) is 176 cm³/mol. The first-order valence-electron chi connectivity index (χ1n) is 17.7. The zero-order valence-electron chi connectivity index (χ0n) is 28.1. The monoisotopic (exact) mass is 666 g/mol. The highest BCUT2D eigenvalue weighted by atomic mass is 16.5. The maximum absolute atomic E-state index is 13.0. The standard InChI is InChI=1S/C36H50N4O8/c1-24-33(27-3-2-4-27)36(46)40(35(24)45)23-26-5-10-28(11-6-26)34(44)37-17-20-48-22-21-47-19-16-30(41)38-29-12-7-25(8-13-29)9-14-31(42)39-18-15-32(39)43/h7-8,12-13,24,26-28,33H,2-6,9-11,14-23H2,1H3,(H,37,44)(H,38,41). The number of hydrogen-bond acceptors (Lipinski definition) is 8. The van der Waals surface area contributed by atoms with Gasteiger partial charge in [-0.2, -0.15) is 0 Å². The molecule has 4 aliphatic rings. The SMILES string of the molecule is CC1C(=O)N(CC2CCC(C(=O)NCCOCCOCCC(=O)Nc3ccc(CCC(=O)N4CCC4=O)cc3)CC2)C(=O)C1C1CCC1. The van der Waals surface area contributed by atoms with E-state index in [1.165, 1.54) is 9.80 Å². The number of aryl methyl sites for hydroxylation is 1. The lowest BCUT2D eigenvalue weighted by atomic mass is 9.72. The number of hydrogen-bond donors (Lipinski definition) is 2. The number of nitrogens with one attached hydrogen (secondary N) is 2. The lowest BCUT2D eigenvalue weighted by Gasteiger charge is -2.32. The number of carbonyl (C=O) groups is 6. The number of nitrogens with zero attached hydrogens (tertiary/aromatic N) is 2. The van der Waals surface area contributed by atoms with Crippen molar-refractivity contribution in [1.29, 1.82) is 0 Å².